The Bertz CT molecular complexity index is 525. The lowest BCUT2D eigenvalue weighted by atomic mass is 10.0. The quantitative estimate of drug-likeness (QED) is 0.790. The fraction of sp³-hybridized carbons (Fsp3) is 0.368. The first-order valence-corrected chi connectivity index (χ1v) is 7.72. The van der Waals surface area contributed by atoms with Crippen molar-refractivity contribution in [2.45, 2.75) is 32.2 Å². The van der Waals surface area contributed by atoms with Gasteiger partial charge in [0, 0.05) is 6.04 Å². The standard InChI is InChI=1S/C19H23N/c1-15(20-14-13-16-7-8-16)17-9-11-19(12-10-17)18-5-3-2-4-6-18/h2-6,9-12,15-16,20H,7-8,13-14H2,1H3. The van der Waals surface area contributed by atoms with Gasteiger partial charge in [-0.05, 0) is 42.5 Å². The molecule has 3 rings (SSSR count). The lowest BCUT2D eigenvalue weighted by molar-refractivity contribution is 0.540. The highest BCUT2D eigenvalue weighted by Gasteiger charge is 2.20. The zero-order valence-electron chi connectivity index (χ0n) is 12.2. The van der Waals surface area contributed by atoms with Gasteiger partial charge < -0.3 is 5.32 Å². The molecule has 1 fully saturated rings. The van der Waals surface area contributed by atoms with Gasteiger partial charge in [0.25, 0.3) is 0 Å². The molecule has 0 spiro atoms. The molecule has 1 saturated carbocycles. The SMILES string of the molecule is CC(NCCC1CC1)c1ccc(-c2ccccc2)cc1. The molecular formula is C19H23N. The molecule has 1 unspecified atom stereocenters. The predicted octanol–water partition coefficient (Wildman–Crippen LogP) is 4.80. The van der Waals surface area contributed by atoms with Crippen molar-refractivity contribution in [2.75, 3.05) is 6.54 Å². The average molecular weight is 265 g/mol. The third-order valence-electron chi connectivity index (χ3n) is 4.22. The van der Waals surface area contributed by atoms with E-state index in [0.29, 0.717) is 6.04 Å². The molecule has 0 aliphatic heterocycles. The van der Waals surface area contributed by atoms with Gasteiger partial charge in [-0.1, -0.05) is 67.4 Å². The number of hydrogen-bond acceptors (Lipinski definition) is 1. The predicted molar refractivity (Wildman–Crippen MR) is 85.6 cm³/mol. The van der Waals surface area contributed by atoms with Crippen molar-refractivity contribution in [1.29, 1.82) is 0 Å². The molecule has 1 nitrogen and oxygen atoms in total. The fourth-order valence-electron chi connectivity index (χ4n) is 2.62. The molecule has 2 aromatic carbocycles. The van der Waals surface area contributed by atoms with E-state index in [0.717, 1.165) is 12.5 Å². The molecule has 0 saturated heterocycles. The summed E-state index contributed by atoms with van der Waals surface area (Å²) in [5, 5.41) is 3.63. The lowest BCUT2D eigenvalue weighted by Gasteiger charge is -2.14. The Hall–Kier alpha value is -1.60. The largest absolute Gasteiger partial charge is 0.310 e. The zero-order chi connectivity index (χ0) is 13.8. The summed E-state index contributed by atoms with van der Waals surface area (Å²) in [4.78, 5) is 0. The first-order valence-electron chi connectivity index (χ1n) is 7.72. The number of rotatable bonds is 6. The molecule has 0 heterocycles. The van der Waals surface area contributed by atoms with Gasteiger partial charge in [-0.2, -0.15) is 0 Å². The van der Waals surface area contributed by atoms with Crippen LogP contribution < -0.4 is 5.32 Å². The summed E-state index contributed by atoms with van der Waals surface area (Å²) in [5.41, 5.74) is 3.95. The van der Waals surface area contributed by atoms with E-state index in [2.05, 4.69) is 66.8 Å². The van der Waals surface area contributed by atoms with Crippen molar-refractivity contribution >= 4 is 0 Å². The highest BCUT2D eigenvalue weighted by atomic mass is 14.9. The summed E-state index contributed by atoms with van der Waals surface area (Å²) in [6, 6.07) is 19.9. The third kappa shape index (κ3) is 3.49. The third-order valence-corrected chi connectivity index (χ3v) is 4.22. The van der Waals surface area contributed by atoms with Crippen LogP contribution in [0.25, 0.3) is 11.1 Å². The van der Waals surface area contributed by atoms with Crippen LogP contribution in [-0.4, -0.2) is 6.54 Å². The van der Waals surface area contributed by atoms with Crippen LogP contribution in [0.1, 0.15) is 37.8 Å². The van der Waals surface area contributed by atoms with Gasteiger partial charge in [-0.15, -0.1) is 0 Å². The topological polar surface area (TPSA) is 12.0 Å². The van der Waals surface area contributed by atoms with Crippen LogP contribution in [0, 0.1) is 5.92 Å². The van der Waals surface area contributed by atoms with Crippen LogP contribution >= 0.6 is 0 Å². The summed E-state index contributed by atoms with van der Waals surface area (Å²) in [7, 11) is 0. The van der Waals surface area contributed by atoms with Gasteiger partial charge >= 0.3 is 0 Å². The molecule has 20 heavy (non-hydrogen) atoms. The van der Waals surface area contributed by atoms with Crippen molar-refractivity contribution in [1.82, 2.24) is 5.32 Å². The zero-order valence-corrected chi connectivity index (χ0v) is 12.2. The second-order valence-electron chi connectivity index (χ2n) is 5.90. The van der Waals surface area contributed by atoms with Gasteiger partial charge in [0.05, 0.1) is 0 Å². The molecule has 1 atom stereocenters. The molecule has 2 aromatic rings. The Morgan fingerprint density at radius 3 is 2.25 bits per heavy atom. The lowest BCUT2D eigenvalue weighted by Crippen LogP contribution is -2.20. The van der Waals surface area contributed by atoms with Crippen LogP contribution in [0.2, 0.25) is 0 Å². The van der Waals surface area contributed by atoms with E-state index in [4.69, 9.17) is 0 Å². The highest BCUT2D eigenvalue weighted by molar-refractivity contribution is 5.63. The van der Waals surface area contributed by atoms with E-state index in [1.807, 2.05) is 0 Å². The Kier molecular flexibility index (Phi) is 4.17. The Morgan fingerprint density at radius 2 is 1.60 bits per heavy atom. The molecule has 0 bridgehead atoms. The average Bonchev–Trinajstić information content (AvgIpc) is 3.32. The highest BCUT2D eigenvalue weighted by Crippen LogP contribution is 2.32. The van der Waals surface area contributed by atoms with Crippen LogP contribution in [-0.2, 0) is 0 Å². The minimum Gasteiger partial charge on any atom is -0.310 e. The van der Waals surface area contributed by atoms with Crippen molar-refractivity contribution in [3.63, 3.8) is 0 Å². The van der Waals surface area contributed by atoms with Gasteiger partial charge in [0.15, 0.2) is 0 Å². The molecule has 1 aliphatic carbocycles. The van der Waals surface area contributed by atoms with Crippen LogP contribution in [0.5, 0.6) is 0 Å². The summed E-state index contributed by atoms with van der Waals surface area (Å²) in [5.74, 6) is 1.01. The van der Waals surface area contributed by atoms with Crippen molar-refractivity contribution in [3.05, 3.63) is 60.2 Å². The Labute approximate surface area is 122 Å². The fourth-order valence-corrected chi connectivity index (χ4v) is 2.62. The smallest absolute Gasteiger partial charge is 0.0291 e. The maximum atomic E-state index is 3.63. The maximum absolute atomic E-state index is 3.63. The number of hydrogen-bond donors (Lipinski definition) is 1. The van der Waals surface area contributed by atoms with E-state index in [-0.39, 0.29) is 0 Å². The van der Waals surface area contributed by atoms with E-state index >= 15 is 0 Å². The normalized spacial score (nSPS) is 16.1. The van der Waals surface area contributed by atoms with E-state index in [1.165, 1.54) is 36.0 Å². The molecule has 1 aliphatic rings. The molecule has 1 heteroatoms. The Morgan fingerprint density at radius 1 is 0.950 bits per heavy atom. The maximum Gasteiger partial charge on any atom is 0.0291 e. The van der Waals surface area contributed by atoms with Crippen LogP contribution in [0.15, 0.2) is 54.6 Å². The van der Waals surface area contributed by atoms with Crippen LogP contribution in [0.3, 0.4) is 0 Å². The minimum absolute atomic E-state index is 0.443. The number of benzene rings is 2. The van der Waals surface area contributed by atoms with Crippen LogP contribution in [0.4, 0.5) is 0 Å². The van der Waals surface area contributed by atoms with Gasteiger partial charge in [0.2, 0.25) is 0 Å². The monoisotopic (exact) mass is 265 g/mol. The molecule has 1 N–H and O–H groups in total. The van der Waals surface area contributed by atoms with E-state index < -0.39 is 0 Å². The van der Waals surface area contributed by atoms with Crippen molar-refractivity contribution in [2.24, 2.45) is 5.92 Å². The minimum atomic E-state index is 0.443. The summed E-state index contributed by atoms with van der Waals surface area (Å²) >= 11 is 0. The molecule has 104 valence electrons. The van der Waals surface area contributed by atoms with Gasteiger partial charge in [0.1, 0.15) is 0 Å². The van der Waals surface area contributed by atoms with Crippen molar-refractivity contribution < 1.29 is 0 Å². The molecular weight excluding hydrogens is 242 g/mol. The summed E-state index contributed by atoms with van der Waals surface area (Å²) < 4.78 is 0. The second-order valence-corrected chi connectivity index (χ2v) is 5.90. The Balaban J connectivity index is 1.60. The first kappa shape index (κ1) is 13.4. The van der Waals surface area contributed by atoms with Crippen molar-refractivity contribution in [3.8, 4) is 11.1 Å². The number of nitrogens with one attached hydrogen (secondary N) is 1. The van der Waals surface area contributed by atoms with E-state index in [1.54, 1.807) is 0 Å². The van der Waals surface area contributed by atoms with Gasteiger partial charge in [-0.25, -0.2) is 0 Å². The molecule has 0 aromatic heterocycles. The second kappa shape index (κ2) is 6.23. The molecule has 0 amide bonds. The van der Waals surface area contributed by atoms with E-state index in [9.17, 15) is 0 Å². The van der Waals surface area contributed by atoms with Gasteiger partial charge in [-0.3, -0.25) is 0 Å². The summed E-state index contributed by atoms with van der Waals surface area (Å²) in [6.45, 7) is 3.40. The summed E-state index contributed by atoms with van der Waals surface area (Å²) in [6.07, 6.45) is 4.23. The molecule has 0 radical (unpaired) electrons. The first-order chi connectivity index (χ1) is 9.83.